The Labute approximate surface area is 171 Å². The predicted octanol–water partition coefficient (Wildman–Crippen LogP) is 1.29. The molecule has 156 valence electrons. The van der Waals surface area contributed by atoms with Gasteiger partial charge in [0.1, 0.15) is 5.82 Å². The molecule has 2 aromatic rings. The summed E-state index contributed by atoms with van der Waals surface area (Å²) in [6.07, 6.45) is 1.99. The van der Waals surface area contributed by atoms with Crippen LogP contribution in [0.1, 0.15) is 18.9 Å². The van der Waals surface area contributed by atoms with E-state index in [1.54, 1.807) is 24.4 Å². The first-order valence-corrected chi connectivity index (χ1v) is 11.1. The van der Waals surface area contributed by atoms with Crippen molar-refractivity contribution in [2.24, 2.45) is 0 Å². The number of nitrogens with zero attached hydrogens (tertiary/aromatic N) is 2. The molecule has 1 saturated heterocycles. The molecule has 0 bridgehead atoms. The number of rotatable bonds is 8. The Morgan fingerprint density at radius 1 is 1.24 bits per heavy atom. The van der Waals surface area contributed by atoms with Gasteiger partial charge >= 0.3 is 0 Å². The van der Waals surface area contributed by atoms with Crippen molar-refractivity contribution in [3.05, 3.63) is 54.2 Å². The Kier molecular flexibility index (Phi) is 7.18. The summed E-state index contributed by atoms with van der Waals surface area (Å²) in [4.78, 5) is 18.8. The van der Waals surface area contributed by atoms with E-state index in [1.807, 2.05) is 19.1 Å². The number of aromatic nitrogens is 1. The van der Waals surface area contributed by atoms with Crippen LogP contribution in [-0.2, 0) is 26.1 Å². The number of sulfonamides is 1. The van der Waals surface area contributed by atoms with Gasteiger partial charge in [0.25, 0.3) is 0 Å². The van der Waals surface area contributed by atoms with Crippen molar-refractivity contribution < 1.29 is 17.9 Å². The van der Waals surface area contributed by atoms with Crippen LogP contribution in [0.25, 0.3) is 0 Å². The van der Waals surface area contributed by atoms with Gasteiger partial charge in [-0.1, -0.05) is 24.3 Å². The molecule has 3 rings (SSSR count). The number of morpholine rings is 1. The molecule has 2 N–H and O–H groups in total. The van der Waals surface area contributed by atoms with Gasteiger partial charge in [-0.3, -0.25) is 4.79 Å². The molecule has 0 saturated carbocycles. The summed E-state index contributed by atoms with van der Waals surface area (Å²) in [5.74, 6) is 0.664. The van der Waals surface area contributed by atoms with Crippen LogP contribution in [-0.4, -0.2) is 51.7 Å². The number of benzene rings is 1. The van der Waals surface area contributed by atoms with Gasteiger partial charge in [-0.05, 0) is 30.7 Å². The van der Waals surface area contributed by atoms with Gasteiger partial charge in [-0.25, -0.2) is 18.1 Å². The van der Waals surface area contributed by atoms with E-state index in [4.69, 9.17) is 4.74 Å². The summed E-state index contributed by atoms with van der Waals surface area (Å²) in [7, 11) is -3.60. The van der Waals surface area contributed by atoms with Gasteiger partial charge in [0.2, 0.25) is 15.9 Å². The molecular formula is C20H26N4O4S. The fraction of sp³-hybridized carbons (Fsp3) is 0.400. The van der Waals surface area contributed by atoms with Gasteiger partial charge < -0.3 is 15.0 Å². The molecule has 1 aliphatic rings. The molecule has 8 nitrogen and oxygen atoms in total. The molecule has 9 heteroatoms. The number of ether oxygens (including phenoxy) is 1. The first-order chi connectivity index (χ1) is 13.9. The third kappa shape index (κ3) is 6.25. The molecule has 1 aromatic carbocycles. The fourth-order valence-corrected chi connectivity index (χ4v) is 4.06. The highest BCUT2D eigenvalue weighted by Gasteiger charge is 2.18. The summed E-state index contributed by atoms with van der Waals surface area (Å²) >= 11 is 0. The van der Waals surface area contributed by atoms with Crippen molar-refractivity contribution in [2.45, 2.75) is 30.9 Å². The van der Waals surface area contributed by atoms with Crippen LogP contribution in [0.3, 0.4) is 0 Å². The second-order valence-electron chi connectivity index (χ2n) is 6.89. The summed E-state index contributed by atoms with van der Waals surface area (Å²) in [5.41, 5.74) is 0.883. The Bertz CT molecular complexity index is 904. The van der Waals surface area contributed by atoms with E-state index >= 15 is 0 Å². The number of carbonyl (C=O) groups is 1. The minimum atomic E-state index is -3.60. The van der Waals surface area contributed by atoms with Crippen molar-refractivity contribution in [3.8, 4) is 0 Å². The van der Waals surface area contributed by atoms with Crippen molar-refractivity contribution in [1.29, 1.82) is 0 Å². The lowest BCUT2D eigenvalue weighted by atomic mass is 10.2. The molecular weight excluding hydrogens is 392 g/mol. The summed E-state index contributed by atoms with van der Waals surface area (Å²) in [6.45, 7) is 4.73. The predicted molar refractivity (Wildman–Crippen MR) is 110 cm³/mol. The zero-order chi connectivity index (χ0) is 20.7. The number of pyridine rings is 1. The second-order valence-corrected chi connectivity index (χ2v) is 8.66. The summed E-state index contributed by atoms with van der Waals surface area (Å²) in [6, 6.07) is 11.9. The quantitative estimate of drug-likeness (QED) is 0.670. The zero-order valence-electron chi connectivity index (χ0n) is 16.4. The van der Waals surface area contributed by atoms with Crippen LogP contribution < -0.4 is 14.9 Å². The lowest BCUT2D eigenvalue weighted by molar-refractivity contribution is -0.121. The van der Waals surface area contributed by atoms with E-state index < -0.39 is 10.0 Å². The molecule has 0 radical (unpaired) electrons. The first-order valence-electron chi connectivity index (χ1n) is 9.57. The van der Waals surface area contributed by atoms with E-state index in [0.29, 0.717) is 13.2 Å². The van der Waals surface area contributed by atoms with Crippen LogP contribution in [0.2, 0.25) is 0 Å². The minimum Gasteiger partial charge on any atom is -0.375 e. The summed E-state index contributed by atoms with van der Waals surface area (Å²) < 4.78 is 32.2. The topological polar surface area (TPSA) is 101 Å². The third-order valence-electron chi connectivity index (χ3n) is 4.56. The van der Waals surface area contributed by atoms with Gasteiger partial charge in [-0.2, -0.15) is 0 Å². The normalized spacial score (nSPS) is 17.1. The number of amides is 1. The average molecular weight is 419 g/mol. The molecule has 1 aliphatic heterocycles. The number of carbonyl (C=O) groups excluding carboxylic acids is 1. The highest BCUT2D eigenvalue weighted by Crippen LogP contribution is 2.15. The highest BCUT2D eigenvalue weighted by atomic mass is 32.2. The molecule has 1 unspecified atom stereocenters. The van der Waals surface area contributed by atoms with Crippen LogP contribution in [0.5, 0.6) is 0 Å². The number of hydrogen-bond acceptors (Lipinski definition) is 6. The van der Waals surface area contributed by atoms with Crippen molar-refractivity contribution >= 4 is 21.7 Å². The second kappa shape index (κ2) is 9.82. The Morgan fingerprint density at radius 3 is 2.72 bits per heavy atom. The van der Waals surface area contributed by atoms with Crippen molar-refractivity contribution in [3.63, 3.8) is 0 Å². The zero-order valence-corrected chi connectivity index (χ0v) is 17.2. The number of anilines is 1. The smallest absolute Gasteiger partial charge is 0.240 e. The molecule has 29 heavy (non-hydrogen) atoms. The molecule has 1 aromatic heterocycles. The monoisotopic (exact) mass is 418 g/mol. The van der Waals surface area contributed by atoms with E-state index in [9.17, 15) is 13.2 Å². The molecule has 0 aliphatic carbocycles. The Morgan fingerprint density at radius 2 is 2.03 bits per heavy atom. The Balaban J connectivity index is 1.41. The van der Waals surface area contributed by atoms with Gasteiger partial charge in [0, 0.05) is 38.8 Å². The largest absolute Gasteiger partial charge is 0.375 e. The minimum absolute atomic E-state index is 0.0372. The van der Waals surface area contributed by atoms with Gasteiger partial charge in [0.05, 0.1) is 17.6 Å². The van der Waals surface area contributed by atoms with E-state index in [0.717, 1.165) is 24.5 Å². The van der Waals surface area contributed by atoms with Crippen LogP contribution in [0.15, 0.2) is 53.6 Å². The maximum absolute atomic E-state index is 12.1. The molecule has 1 atom stereocenters. The standard InChI is InChI=1S/C20H26N4O4S/c1-16-15-24(11-12-28-16)19-8-7-17(13-21-19)14-22-20(25)9-10-23-29(26,27)18-5-3-2-4-6-18/h2-8,13,16,23H,9-12,14-15H2,1H3,(H,22,25). The number of nitrogens with one attached hydrogen (secondary N) is 2. The highest BCUT2D eigenvalue weighted by molar-refractivity contribution is 7.89. The van der Waals surface area contributed by atoms with E-state index in [-0.39, 0.29) is 29.9 Å². The van der Waals surface area contributed by atoms with Gasteiger partial charge in [0.15, 0.2) is 0 Å². The molecule has 2 heterocycles. The SMILES string of the molecule is CC1CN(c2ccc(CNC(=O)CCNS(=O)(=O)c3ccccc3)cn2)CCO1. The van der Waals surface area contributed by atoms with Crippen LogP contribution in [0.4, 0.5) is 5.82 Å². The fourth-order valence-electron chi connectivity index (χ4n) is 3.01. The van der Waals surface area contributed by atoms with E-state index in [2.05, 4.69) is 19.9 Å². The van der Waals surface area contributed by atoms with Crippen LogP contribution >= 0.6 is 0 Å². The Hall–Kier alpha value is -2.49. The maximum Gasteiger partial charge on any atom is 0.240 e. The molecule has 0 spiro atoms. The third-order valence-corrected chi connectivity index (χ3v) is 6.04. The van der Waals surface area contributed by atoms with Crippen LogP contribution in [0, 0.1) is 0 Å². The lowest BCUT2D eigenvalue weighted by Gasteiger charge is -2.32. The summed E-state index contributed by atoms with van der Waals surface area (Å²) in [5, 5.41) is 2.78. The lowest BCUT2D eigenvalue weighted by Crippen LogP contribution is -2.41. The maximum atomic E-state index is 12.1. The van der Waals surface area contributed by atoms with Gasteiger partial charge in [-0.15, -0.1) is 0 Å². The van der Waals surface area contributed by atoms with Crippen molar-refractivity contribution in [2.75, 3.05) is 31.1 Å². The first kappa shape index (κ1) is 21.2. The molecule has 1 fully saturated rings. The van der Waals surface area contributed by atoms with Crippen molar-refractivity contribution in [1.82, 2.24) is 15.0 Å². The van der Waals surface area contributed by atoms with E-state index in [1.165, 1.54) is 12.1 Å². The average Bonchev–Trinajstić information content (AvgIpc) is 2.73. The molecule has 1 amide bonds. The number of hydrogen-bond donors (Lipinski definition) is 2.